The molecular formula is C15H18FN3OS. The number of hydrogen-bond donors (Lipinski definition) is 2. The van der Waals surface area contributed by atoms with Crippen LogP contribution in [-0.4, -0.2) is 17.4 Å². The molecule has 6 heteroatoms. The lowest BCUT2D eigenvalue weighted by molar-refractivity contribution is -0.115. The number of nitrogens with one attached hydrogen (secondary N) is 2. The van der Waals surface area contributed by atoms with Gasteiger partial charge in [0, 0.05) is 17.1 Å². The van der Waals surface area contributed by atoms with Crippen molar-refractivity contribution in [3.8, 4) is 0 Å². The molecule has 4 nitrogen and oxygen atoms in total. The van der Waals surface area contributed by atoms with Crippen LogP contribution < -0.4 is 10.6 Å². The largest absolute Gasteiger partial charge is 0.325 e. The first-order valence-corrected chi connectivity index (χ1v) is 7.69. The molecule has 0 aliphatic carbocycles. The maximum absolute atomic E-state index is 13.0. The molecule has 112 valence electrons. The Kier molecular flexibility index (Phi) is 5.41. The van der Waals surface area contributed by atoms with Crippen LogP contribution in [0.1, 0.15) is 30.6 Å². The molecule has 0 saturated carbocycles. The van der Waals surface area contributed by atoms with Gasteiger partial charge in [-0.3, -0.25) is 4.79 Å². The first-order chi connectivity index (χ1) is 10.1. The van der Waals surface area contributed by atoms with E-state index in [1.165, 1.54) is 12.1 Å². The van der Waals surface area contributed by atoms with E-state index in [1.807, 2.05) is 12.3 Å². The summed E-state index contributed by atoms with van der Waals surface area (Å²) in [6.45, 7) is 4.17. The van der Waals surface area contributed by atoms with Crippen molar-refractivity contribution in [2.45, 2.75) is 26.3 Å². The van der Waals surface area contributed by atoms with Gasteiger partial charge in [-0.25, -0.2) is 9.37 Å². The third-order valence-electron chi connectivity index (χ3n) is 2.99. The normalized spacial score (nSPS) is 12.1. The Morgan fingerprint density at radius 1 is 1.48 bits per heavy atom. The van der Waals surface area contributed by atoms with E-state index in [4.69, 9.17) is 0 Å². The molecule has 2 N–H and O–H groups in total. The summed E-state index contributed by atoms with van der Waals surface area (Å²) >= 11 is 1.62. The SMILES string of the molecule is CCc1nc([C@@H](C)NCC(=O)Nc2cccc(F)c2)cs1. The first-order valence-electron chi connectivity index (χ1n) is 6.81. The molecule has 21 heavy (non-hydrogen) atoms. The Labute approximate surface area is 127 Å². The molecular weight excluding hydrogens is 289 g/mol. The summed E-state index contributed by atoms with van der Waals surface area (Å²) in [5.74, 6) is -0.581. The average molecular weight is 307 g/mol. The van der Waals surface area contributed by atoms with Crippen molar-refractivity contribution < 1.29 is 9.18 Å². The van der Waals surface area contributed by atoms with Crippen molar-refractivity contribution in [2.24, 2.45) is 0 Å². The number of aryl methyl sites for hydroxylation is 1. The molecule has 2 rings (SSSR count). The summed E-state index contributed by atoms with van der Waals surface area (Å²) in [6, 6.07) is 5.83. The lowest BCUT2D eigenvalue weighted by atomic mass is 10.2. The van der Waals surface area contributed by atoms with Gasteiger partial charge < -0.3 is 10.6 Å². The van der Waals surface area contributed by atoms with Gasteiger partial charge in [-0.1, -0.05) is 13.0 Å². The zero-order chi connectivity index (χ0) is 15.2. The molecule has 1 atom stereocenters. The van der Waals surface area contributed by atoms with E-state index in [2.05, 4.69) is 22.5 Å². The van der Waals surface area contributed by atoms with E-state index < -0.39 is 0 Å². The molecule has 1 amide bonds. The first kappa shape index (κ1) is 15.6. The molecule has 0 bridgehead atoms. The van der Waals surface area contributed by atoms with Gasteiger partial charge in [0.2, 0.25) is 5.91 Å². The summed E-state index contributed by atoms with van der Waals surface area (Å²) in [5, 5.41) is 8.84. The second-order valence-corrected chi connectivity index (χ2v) is 5.62. The minimum absolute atomic E-state index is 0.000176. The molecule has 0 spiro atoms. The standard InChI is InChI=1S/C15H18FN3OS/c1-3-15-19-13(9-21-15)10(2)17-8-14(20)18-12-6-4-5-11(16)7-12/h4-7,9-10,17H,3,8H2,1-2H3,(H,18,20)/t10-/m1/s1. The average Bonchev–Trinajstić information content (AvgIpc) is 2.94. The van der Waals surface area contributed by atoms with Crippen molar-refractivity contribution in [1.82, 2.24) is 10.3 Å². The highest BCUT2D eigenvalue weighted by molar-refractivity contribution is 7.09. The number of hydrogen-bond acceptors (Lipinski definition) is 4. The zero-order valence-electron chi connectivity index (χ0n) is 12.0. The molecule has 0 aliphatic heterocycles. The van der Waals surface area contributed by atoms with Gasteiger partial charge >= 0.3 is 0 Å². The van der Waals surface area contributed by atoms with Crippen LogP contribution in [0.25, 0.3) is 0 Å². The Hall–Kier alpha value is -1.79. The molecule has 0 radical (unpaired) electrons. The minimum Gasteiger partial charge on any atom is -0.325 e. The maximum Gasteiger partial charge on any atom is 0.238 e. The summed E-state index contributed by atoms with van der Waals surface area (Å²) in [4.78, 5) is 16.3. The van der Waals surface area contributed by atoms with Crippen molar-refractivity contribution in [1.29, 1.82) is 0 Å². The number of aromatic nitrogens is 1. The van der Waals surface area contributed by atoms with Crippen LogP contribution in [-0.2, 0) is 11.2 Å². The second kappa shape index (κ2) is 7.28. The van der Waals surface area contributed by atoms with Crippen LogP contribution in [0.2, 0.25) is 0 Å². The highest BCUT2D eigenvalue weighted by atomic mass is 32.1. The van der Waals surface area contributed by atoms with Crippen molar-refractivity contribution in [3.63, 3.8) is 0 Å². The molecule has 2 aromatic rings. The van der Waals surface area contributed by atoms with E-state index >= 15 is 0 Å². The number of rotatable bonds is 6. The number of halogens is 1. The third-order valence-corrected chi connectivity index (χ3v) is 4.00. The number of nitrogens with zero attached hydrogens (tertiary/aromatic N) is 1. The van der Waals surface area contributed by atoms with Crippen LogP contribution in [0.15, 0.2) is 29.6 Å². The second-order valence-electron chi connectivity index (χ2n) is 4.68. The van der Waals surface area contributed by atoms with Crippen molar-refractivity contribution in [2.75, 3.05) is 11.9 Å². The minimum atomic E-state index is -0.372. The third kappa shape index (κ3) is 4.61. The number of carbonyl (C=O) groups is 1. The zero-order valence-corrected chi connectivity index (χ0v) is 12.8. The molecule has 1 aromatic carbocycles. The number of anilines is 1. The fourth-order valence-electron chi connectivity index (χ4n) is 1.81. The van der Waals surface area contributed by atoms with E-state index in [-0.39, 0.29) is 24.3 Å². The Bertz CT molecular complexity index is 614. The van der Waals surface area contributed by atoms with E-state index in [0.717, 1.165) is 17.1 Å². The van der Waals surface area contributed by atoms with Gasteiger partial charge in [0.25, 0.3) is 0 Å². The van der Waals surface area contributed by atoms with Gasteiger partial charge in [0.1, 0.15) is 5.82 Å². The van der Waals surface area contributed by atoms with E-state index in [9.17, 15) is 9.18 Å². The molecule has 0 aliphatic rings. The van der Waals surface area contributed by atoms with Crippen molar-refractivity contribution in [3.05, 3.63) is 46.2 Å². The van der Waals surface area contributed by atoms with Gasteiger partial charge in [0.15, 0.2) is 0 Å². The van der Waals surface area contributed by atoms with Gasteiger partial charge in [-0.2, -0.15) is 0 Å². The molecule has 1 heterocycles. The number of amides is 1. The molecule has 1 aromatic heterocycles. The van der Waals surface area contributed by atoms with Gasteiger partial charge in [-0.05, 0) is 31.5 Å². The Morgan fingerprint density at radius 2 is 2.29 bits per heavy atom. The monoisotopic (exact) mass is 307 g/mol. The molecule has 0 saturated heterocycles. The predicted octanol–water partition coefficient (Wildman–Crippen LogP) is 3.13. The van der Waals surface area contributed by atoms with Crippen LogP contribution >= 0.6 is 11.3 Å². The molecule has 0 fully saturated rings. The number of benzene rings is 1. The van der Waals surface area contributed by atoms with Crippen molar-refractivity contribution >= 4 is 22.9 Å². The Balaban J connectivity index is 1.83. The summed E-state index contributed by atoms with van der Waals surface area (Å²) in [7, 11) is 0. The van der Waals surface area contributed by atoms with Crippen LogP contribution in [0.3, 0.4) is 0 Å². The van der Waals surface area contributed by atoms with Gasteiger partial charge in [-0.15, -0.1) is 11.3 Å². The lowest BCUT2D eigenvalue weighted by Gasteiger charge is -2.11. The maximum atomic E-state index is 13.0. The summed E-state index contributed by atoms with van der Waals surface area (Å²) < 4.78 is 13.0. The highest BCUT2D eigenvalue weighted by Gasteiger charge is 2.11. The number of carbonyl (C=O) groups excluding carboxylic acids is 1. The fraction of sp³-hybridized carbons (Fsp3) is 0.333. The van der Waals surface area contributed by atoms with E-state index in [1.54, 1.807) is 23.5 Å². The van der Waals surface area contributed by atoms with Gasteiger partial charge in [0.05, 0.1) is 17.2 Å². The van der Waals surface area contributed by atoms with E-state index in [0.29, 0.717) is 5.69 Å². The van der Waals surface area contributed by atoms with Crippen LogP contribution in [0.4, 0.5) is 10.1 Å². The quantitative estimate of drug-likeness (QED) is 0.862. The predicted molar refractivity (Wildman–Crippen MR) is 82.9 cm³/mol. The Morgan fingerprint density at radius 3 is 2.95 bits per heavy atom. The highest BCUT2D eigenvalue weighted by Crippen LogP contribution is 2.16. The van der Waals surface area contributed by atoms with Crippen LogP contribution in [0.5, 0.6) is 0 Å². The number of thiazole rings is 1. The smallest absolute Gasteiger partial charge is 0.238 e. The fourth-order valence-corrected chi connectivity index (χ4v) is 2.65. The summed E-state index contributed by atoms with van der Waals surface area (Å²) in [6.07, 6.45) is 0.914. The topological polar surface area (TPSA) is 54.0 Å². The molecule has 0 unspecified atom stereocenters. The summed E-state index contributed by atoms with van der Waals surface area (Å²) in [5.41, 5.74) is 1.40. The lowest BCUT2D eigenvalue weighted by Crippen LogP contribution is -2.30. The van der Waals surface area contributed by atoms with Crippen LogP contribution in [0, 0.1) is 5.82 Å².